The first kappa shape index (κ1) is 18.3. The molecule has 1 aliphatic rings. The molecule has 0 aliphatic heterocycles. The van der Waals surface area contributed by atoms with Gasteiger partial charge >= 0.3 is 0 Å². The summed E-state index contributed by atoms with van der Waals surface area (Å²) in [4.78, 5) is 0. The van der Waals surface area contributed by atoms with Gasteiger partial charge in [0.1, 0.15) is 0 Å². The maximum Gasteiger partial charge on any atom is 0.0159 e. The van der Waals surface area contributed by atoms with E-state index in [4.69, 9.17) is 0 Å². The lowest BCUT2D eigenvalue weighted by molar-refractivity contribution is 0.582. The fourth-order valence-electron chi connectivity index (χ4n) is 4.71. The third kappa shape index (κ3) is 2.64. The van der Waals surface area contributed by atoms with E-state index in [1.165, 1.54) is 44.2 Å². The Morgan fingerprint density at radius 1 is 0.667 bits per heavy atom. The summed E-state index contributed by atoms with van der Waals surface area (Å²) in [5.74, 6) is 0. The van der Waals surface area contributed by atoms with E-state index in [2.05, 4.69) is 104 Å². The summed E-state index contributed by atoms with van der Waals surface area (Å²) in [6.07, 6.45) is 0. The van der Waals surface area contributed by atoms with Crippen molar-refractivity contribution in [1.82, 2.24) is 0 Å². The molecule has 1 aliphatic carbocycles. The normalized spacial score (nSPS) is 15.7. The van der Waals surface area contributed by atoms with Gasteiger partial charge in [-0.3, -0.25) is 0 Å². The Hall–Kier alpha value is -2.08. The Kier molecular flexibility index (Phi) is 3.71. The van der Waals surface area contributed by atoms with E-state index >= 15 is 0 Å². The molecule has 0 saturated heterocycles. The van der Waals surface area contributed by atoms with Gasteiger partial charge in [0.2, 0.25) is 0 Å². The van der Waals surface area contributed by atoms with Gasteiger partial charge < -0.3 is 0 Å². The minimum Gasteiger partial charge on any atom is -0.0613 e. The van der Waals surface area contributed by atoms with Gasteiger partial charge in [-0.15, -0.1) is 0 Å². The Labute approximate surface area is 164 Å². The predicted molar refractivity (Wildman–Crippen MR) is 119 cm³/mol. The van der Waals surface area contributed by atoms with E-state index in [0.717, 1.165) is 0 Å². The second-order valence-corrected chi connectivity index (χ2v) is 10.8. The zero-order valence-corrected chi connectivity index (χ0v) is 18.1. The maximum atomic E-state index is 2.45. The van der Waals surface area contributed by atoms with Gasteiger partial charge in [-0.2, -0.15) is 0 Å². The second-order valence-electron chi connectivity index (χ2n) is 10.8. The molecule has 4 rings (SSSR count). The molecule has 0 N–H and O–H groups in total. The Balaban J connectivity index is 2.12. The first-order valence-electron chi connectivity index (χ1n) is 10.1. The molecule has 0 spiro atoms. The SMILES string of the molecule is CC(C)(C)c1ccc2c(c1)C(C)(C)c1cccc3c(C(C)(C)C)ccc-2c13. The van der Waals surface area contributed by atoms with E-state index < -0.39 is 0 Å². The van der Waals surface area contributed by atoms with E-state index in [0.29, 0.717) is 0 Å². The van der Waals surface area contributed by atoms with Crippen molar-refractivity contribution in [3.63, 3.8) is 0 Å². The van der Waals surface area contributed by atoms with Gasteiger partial charge in [-0.25, -0.2) is 0 Å². The van der Waals surface area contributed by atoms with Crippen LogP contribution >= 0.6 is 0 Å². The molecular formula is C27H32. The van der Waals surface area contributed by atoms with E-state index in [1.807, 2.05) is 0 Å². The molecule has 0 fully saturated rings. The van der Waals surface area contributed by atoms with Crippen LogP contribution in [0.15, 0.2) is 48.5 Å². The molecule has 0 nitrogen and oxygen atoms in total. The van der Waals surface area contributed by atoms with Crippen LogP contribution in [0.5, 0.6) is 0 Å². The minimum absolute atomic E-state index is 0.000386. The number of hydrogen-bond acceptors (Lipinski definition) is 0. The highest BCUT2D eigenvalue weighted by Gasteiger charge is 2.35. The second kappa shape index (κ2) is 5.47. The van der Waals surface area contributed by atoms with Crippen molar-refractivity contribution in [2.75, 3.05) is 0 Å². The molecule has 0 saturated carbocycles. The summed E-state index contributed by atoms with van der Waals surface area (Å²) in [7, 11) is 0. The minimum atomic E-state index is -0.000386. The maximum absolute atomic E-state index is 2.45. The summed E-state index contributed by atoms with van der Waals surface area (Å²) in [6, 6.07) is 18.7. The van der Waals surface area contributed by atoms with Gasteiger partial charge in [0.25, 0.3) is 0 Å². The van der Waals surface area contributed by atoms with Gasteiger partial charge in [0.15, 0.2) is 0 Å². The van der Waals surface area contributed by atoms with Crippen LogP contribution < -0.4 is 0 Å². The molecule has 140 valence electrons. The molecule has 0 bridgehead atoms. The molecule has 0 aromatic heterocycles. The fraction of sp³-hybridized carbons (Fsp3) is 0.407. The van der Waals surface area contributed by atoms with Gasteiger partial charge in [0, 0.05) is 5.41 Å². The van der Waals surface area contributed by atoms with E-state index in [9.17, 15) is 0 Å². The third-order valence-electron chi connectivity index (χ3n) is 6.37. The molecule has 0 atom stereocenters. The zero-order valence-electron chi connectivity index (χ0n) is 18.1. The van der Waals surface area contributed by atoms with Crippen molar-refractivity contribution in [3.8, 4) is 11.1 Å². The summed E-state index contributed by atoms with van der Waals surface area (Å²) in [6.45, 7) is 18.6. The van der Waals surface area contributed by atoms with Crippen LogP contribution in [0, 0.1) is 0 Å². The predicted octanol–water partition coefficient (Wildman–Crippen LogP) is 7.74. The molecule has 0 unspecified atom stereocenters. The van der Waals surface area contributed by atoms with Crippen molar-refractivity contribution >= 4 is 10.8 Å². The highest BCUT2D eigenvalue weighted by molar-refractivity contribution is 6.05. The van der Waals surface area contributed by atoms with Crippen LogP contribution in [0.2, 0.25) is 0 Å². The molecule has 0 radical (unpaired) electrons. The van der Waals surface area contributed by atoms with Gasteiger partial charge in [-0.05, 0) is 55.0 Å². The van der Waals surface area contributed by atoms with Crippen LogP contribution in [0.4, 0.5) is 0 Å². The quantitative estimate of drug-likeness (QED) is 0.386. The highest BCUT2D eigenvalue weighted by Crippen LogP contribution is 2.50. The van der Waals surface area contributed by atoms with Crippen LogP contribution in [-0.4, -0.2) is 0 Å². The van der Waals surface area contributed by atoms with E-state index in [-0.39, 0.29) is 16.2 Å². The summed E-state index contributed by atoms with van der Waals surface area (Å²) < 4.78 is 0. The average Bonchev–Trinajstić information content (AvgIpc) is 2.57. The van der Waals surface area contributed by atoms with Crippen LogP contribution in [0.1, 0.15) is 77.6 Å². The van der Waals surface area contributed by atoms with Crippen LogP contribution in [0.25, 0.3) is 21.9 Å². The molecule has 3 aromatic carbocycles. The zero-order chi connectivity index (χ0) is 19.8. The van der Waals surface area contributed by atoms with Crippen molar-refractivity contribution in [1.29, 1.82) is 0 Å². The average molecular weight is 357 g/mol. The lowest BCUT2D eigenvalue weighted by atomic mass is 9.66. The number of rotatable bonds is 0. The topological polar surface area (TPSA) is 0 Å². The van der Waals surface area contributed by atoms with Gasteiger partial charge in [0.05, 0.1) is 0 Å². The van der Waals surface area contributed by atoms with Crippen molar-refractivity contribution < 1.29 is 0 Å². The first-order chi connectivity index (χ1) is 12.4. The Bertz CT molecular complexity index is 1050. The van der Waals surface area contributed by atoms with Crippen LogP contribution in [0.3, 0.4) is 0 Å². The van der Waals surface area contributed by atoms with Crippen molar-refractivity contribution in [3.05, 3.63) is 70.8 Å². The summed E-state index contributed by atoms with van der Waals surface area (Å²) in [5, 5.41) is 2.86. The Morgan fingerprint density at radius 2 is 1.33 bits per heavy atom. The van der Waals surface area contributed by atoms with E-state index in [1.54, 1.807) is 0 Å². The number of hydrogen-bond donors (Lipinski definition) is 0. The fourth-order valence-corrected chi connectivity index (χ4v) is 4.71. The lowest BCUT2D eigenvalue weighted by Crippen LogP contribution is -2.25. The molecule has 0 amide bonds. The standard InChI is InChI=1S/C27H32/c1-25(2,3)17-12-13-18-19-14-15-21(26(4,5)6)20-10-9-11-22(24(19)20)27(7,8)23(18)16-17/h9-16H,1-8H3. The number of benzene rings is 3. The molecule has 0 heterocycles. The monoisotopic (exact) mass is 356 g/mol. The first-order valence-corrected chi connectivity index (χ1v) is 10.1. The molecule has 27 heavy (non-hydrogen) atoms. The Morgan fingerprint density at radius 3 is 1.96 bits per heavy atom. The van der Waals surface area contributed by atoms with Crippen LogP contribution in [-0.2, 0) is 16.2 Å². The lowest BCUT2D eigenvalue weighted by Gasteiger charge is -2.37. The largest absolute Gasteiger partial charge is 0.0613 e. The molecule has 3 aromatic rings. The highest BCUT2D eigenvalue weighted by atomic mass is 14.4. The smallest absolute Gasteiger partial charge is 0.0159 e. The van der Waals surface area contributed by atoms with Crippen molar-refractivity contribution in [2.24, 2.45) is 0 Å². The van der Waals surface area contributed by atoms with Crippen molar-refractivity contribution in [2.45, 2.75) is 71.6 Å². The molecular weight excluding hydrogens is 324 g/mol. The summed E-state index contributed by atoms with van der Waals surface area (Å²) in [5.41, 5.74) is 8.86. The molecule has 0 heteroatoms. The van der Waals surface area contributed by atoms with Gasteiger partial charge in [-0.1, -0.05) is 104 Å². The summed E-state index contributed by atoms with van der Waals surface area (Å²) >= 11 is 0. The third-order valence-corrected chi connectivity index (χ3v) is 6.37. The number of fused-ring (bicyclic) bond motifs is 2.